The fourth-order valence-corrected chi connectivity index (χ4v) is 3.73. The third kappa shape index (κ3) is 4.15. The first kappa shape index (κ1) is 19.0. The molecule has 1 aliphatic carbocycles. The smallest absolute Gasteiger partial charge is 0.252 e. The number of carbonyl (C=O) groups excluding carboxylic acids is 2. The maximum Gasteiger partial charge on any atom is 0.252 e. The Kier molecular flexibility index (Phi) is 5.84. The van der Waals surface area contributed by atoms with Crippen molar-refractivity contribution in [2.45, 2.75) is 44.6 Å². The normalized spacial score (nSPS) is 14.7. The van der Waals surface area contributed by atoms with E-state index in [2.05, 4.69) is 5.32 Å². The van der Waals surface area contributed by atoms with Crippen molar-refractivity contribution in [3.8, 4) is 0 Å². The molecule has 0 saturated heterocycles. The second-order valence-electron chi connectivity index (χ2n) is 6.86. The standard InChI is InChI=1S/C21H22F2N2O2/c22-17-11-4-8-14(19(17)23)12-25-21(27)18-15(13-6-2-1-3-7-13)9-5-10-16(18)20(24)26/h4-5,8-11,13H,1-3,6-7,12H2,(H2,24,26)(H,25,27). The number of rotatable bonds is 5. The molecule has 0 heterocycles. The van der Waals surface area contributed by atoms with Crippen LogP contribution in [0, 0.1) is 11.6 Å². The highest BCUT2D eigenvalue weighted by molar-refractivity contribution is 6.07. The molecule has 0 spiro atoms. The average Bonchev–Trinajstić information content (AvgIpc) is 2.69. The highest BCUT2D eigenvalue weighted by Gasteiger charge is 2.25. The number of hydrogen-bond acceptors (Lipinski definition) is 2. The van der Waals surface area contributed by atoms with Crippen molar-refractivity contribution in [1.82, 2.24) is 5.32 Å². The van der Waals surface area contributed by atoms with Crippen molar-refractivity contribution in [2.24, 2.45) is 5.73 Å². The average molecular weight is 372 g/mol. The molecule has 4 nitrogen and oxygen atoms in total. The lowest BCUT2D eigenvalue weighted by Crippen LogP contribution is -2.29. The molecule has 1 aliphatic rings. The Morgan fingerprint density at radius 1 is 1.04 bits per heavy atom. The van der Waals surface area contributed by atoms with E-state index >= 15 is 0 Å². The minimum Gasteiger partial charge on any atom is -0.366 e. The molecule has 142 valence electrons. The zero-order valence-electron chi connectivity index (χ0n) is 14.9. The highest BCUT2D eigenvalue weighted by atomic mass is 19.2. The van der Waals surface area contributed by atoms with Crippen molar-refractivity contribution in [2.75, 3.05) is 0 Å². The summed E-state index contributed by atoms with van der Waals surface area (Å²) in [6.07, 6.45) is 5.19. The molecule has 0 radical (unpaired) electrons. The van der Waals surface area contributed by atoms with Gasteiger partial charge < -0.3 is 11.1 Å². The van der Waals surface area contributed by atoms with E-state index in [0.29, 0.717) is 0 Å². The Bertz CT molecular complexity index is 861. The van der Waals surface area contributed by atoms with Crippen LogP contribution in [0.4, 0.5) is 8.78 Å². The Morgan fingerprint density at radius 3 is 2.44 bits per heavy atom. The summed E-state index contributed by atoms with van der Waals surface area (Å²) in [5.74, 6) is -2.97. The first-order chi connectivity index (χ1) is 13.0. The maximum atomic E-state index is 13.8. The van der Waals surface area contributed by atoms with Crippen molar-refractivity contribution >= 4 is 11.8 Å². The molecular formula is C21H22F2N2O2. The molecule has 0 atom stereocenters. The first-order valence-electron chi connectivity index (χ1n) is 9.13. The molecule has 3 rings (SSSR count). The van der Waals surface area contributed by atoms with E-state index in [4.69, 9.17) is 5.73 Å². The highest BCUT2D eigenvalue weighted by Crippen LogP contribution is 2.35. The molecule has 2 aromatic carbocycles. The minimum absolute atomic E-state index is 0.0409. The second kappa shape index (κ2) is 8.29. The van der Waals surface area contributed by atoms with E-state index in [1.165, 1.54) is 18.2 Å². The van der Waals surface area contributed by atoms with Gasteiger partial charge in [-0.15, -0.1) is 0 Å². The molecule has 1 fully saturated rings. The van der Waals surface area contributed by atoms with E-state index < -0.39 is 23.4 Å². The lowest BCUT2D eigenvalue weighted by molar-refractivity contribution is 0.0931. The SMILES string of the molecule is NC(=O)c1cccc(C2CCCCC2)c1C(=O)NCc1cccc(F)c1F. The molecular weight excluding hydrogens is 350 g/mol. The van der Waals surface area contributed by atoms with Gasteiger partial charge in [0.1, 0.15) is 0 Å². The van der Waals surface area contributed by atoms with Crippen LogP contribution in [-0.4, -0.2) is 11.8 Å². The number of benzene rings is 2. The van der Waals surface area contributed by atoms with Gasteiger partial charge in [-0.3, -0.25) is 9.59 Å². The summed E-state index contributed by atoms with van der Waals surface area (Å²) in [7, 11) is 0. The molecule has 6 heteroatoms. The Morgan fingerprint density at radius 2 is 1.74 bits per heavy atom. The minimum atomic E-state index is -0.992. The fraction of sp³-hybridized carbons (Fsp3) is 0.333. The Balaban J connectivity index is 1.90. The van der Waals surface area contributed by atoms with Crippen LogP contribution in [0.5, 0.6) is 0 Å². The van der Waals surface area contributed by atoms with E-state index in [1.54, 1.807) is 6.07 Å². The molecule has 3 N–H and O–H groups in total. The Hall–Kier alpha value is -2.76. The molecule has 2 amide bonds. The van der Waals surface area contributed by atoms with Crippen molar-refractivity contribution in [3.63, 3.8) is 0 Å². The summed E-state index contributed by atoms with van der Waals surface area (Å²) in [5.41, 5.74) is 6.70. The van der Waals surface area contributed by atoms with Crippen LogP contribution in [0.3, 0.4) is 0 Å². The zero-order valence-corrected chi connectivity index (χ0v) is 14.9. The quantitative estimate of drug-likeness (QED) is 0.831. The Labute approximate surface area is 156 Å². The van der Waals surface area contributed by atoms with Crippen molar-refractivity contribution in [3.05, 3.63) is 70.3 Å². The maximum absolute atomic E-state index is 13.8. The number of halogens is 2. The van der Waals surface area contributed by atoms with Gasteiger partial charge in [-0.2, -0.15) is 0 Å². The van der Waals surface area contributed by atoms with Crippen LogP contribution in [0.1, 0.15) is 69.9 Å². The largest absolute Gasteiger partial charge is 0.366 e. The molecule has 1 saturated carbocycles. The van der Waals surface area contributed by atoms with Gasteiger partial charge in [0.25, 0.3) is 5.91 Å². The number of nitrogens with two attached hydrogens (primary N) is 1. The summed E-state index contributed by atoms with van der Waals surface area (Å²) in [4.78, 5) is 24.7. The predicted molar refractivity (Wildman–Crippen MR) is 98.3 cm³/mol. The van der Waals surface area contributed by atoms with E-state index in [0.717, 1.165) is 43.7 Å². The summed E-state index contributed by atoms with van der Waals surface area (Å²) < 4.78 is 27.2. The van der Waals surface area contributed by atoms with Crippen LogP contribution in [0.15, 0.2) is 36.4 Å². The molecule has 0 aliphatic heterocycles. The van der Waals surface area contributed by atoms with Crippen molar-refractivity contribution < 1.29 is 18.4 Å². The van der Waals surface area contributed by atoms with Crippen LogP contribution in [0.2, 0.25) is 0 Å². The van der Waals surface area contributed by atoms with Gasteiger partial charge in [-0.1, -0.05) is 43.5 Å². The van der Waals surface area contributed by atoms with Gasteiger partial charge in [0, 0.05) is 12.1 Å². The number of amides is 2. The summed E-state index contributed by atoms with van der Waals surface area (Å²) in [5, 5.41) is 2.60. The van der Waals surface area contributed by atoms with Gasteiger partial charge >= 0.3 is 0 Å². The van der Waals surface area contributed by atoms with Gasteiger partial charge in [-0.25, -0.2) is 8.78 Å². The summed E-state index contributed by atoms with van der Waals surface area (Å²) in [6, 6.07) is 8.90. The lowest BCUT2D eigenvalue weighted by atomic mass is 9.80. The van der Waals surface area contributed by atoms with E-state index in [-0.39, 0.29) is 29.2 Å². The monoisotopic (exact) mass is 372 g/mol. The number of carbonyl (C=O) groups is 2. The van der Waals surface area contributed by atoms with E-state index in [1.807, 2.05) is 6.07 Å². The lowest BCUT2D eigenvalue weighted by Gasteiger charge is -2.25. The molecule has 2 aromatic rings. The van der Waals surface area contributed by atoms with Crippen LogP contribution < -0.4 is 11.1 Å². The van der Waals surface area contributed by atoms with Crippen LogP contribution in [0.25, 0.3) is 0 Å². The van der Waals surface area contributed by atoms with Crippen LogP contribution >= 0.6 is 0 Å². The first-order valence-corrected chi connectivity index (χ1v) is 9.13. The van der Waals surface area contributed by atoms with Gasteiger partial charge in [0.2, 0.25) is 5.91 Å². The van der Waals surface area contributed by atoms with E-state index in [9.17, 15) is 18.4 Å². The predicted octanol–water partition coefficient (Wildman–Crippen LogP) is 4.04. The second-order valence-corrected chi connectivity index (χ2v) is 6.86. The van der Waals surface area contributed by atoms with Gasteiger partial charge in [0.05, 0.1) is 11.1 Å². The fourth-order valence-electron chi connectivity index (χ4n) is 3.73. The number of hydrogen-bond donors (Lipinski definition) is 2. The number of primary amides is 1. The zero-order chi connectivity index (χ0) is 19.4. The molecule has 0 aromatic heterocycles. The van der Waals surface area contributed by atoms with Gasteiger partial charge in [0.15, 0.2) is 11.6 Å². The van der Waals surface area contributed by atoms with Crippen LogP contribution in [-0.2, 0) is 6.54 Å². The third-order valence-electron chi connectivity index (χ3n) is 5.11. The molecule has 0 bridgehead atoms. The third-order valence-corrected chi connectivity index (χ3v) is 5.11. The summed E-state index contributed by atoms with van der Waals surface area (Å²) in [6.45, 7) is -0.181. The summed E-state index contributed by atoms with van der Waals surface area (Å²) >= 11 is 0. The number of nitrogens with one attached hydrogen (secondary N) is 1. The van der Waals surface area contributed by atoms with Crippen molar-refractivity contribution in [1.29, 1.82) is 0 Å². The molecule has 27 heavy (non-hydrogen) atoms. The molecule has 0 unspecified atom stereocenters. The topological polar surface area (TPSA) is 72.2 Å². The van der Waals surface area contributed by atoms with Gasteiger partial charge in [-0.05, 0) is 36.5 Å².